The third-order valence-electron chi connectivity index (χ3n) is 8.92. The molecule has 2 aliphatic heterocycles. The molecule has 37 heavy (non-hydrogen) atoms. The average molecular weight is 514 g/mol. The fourth-order valence-corrected chi connectivity index (χ4v) is 6.93. The predicted octanol–water partition coefficient (Wildman–Crippen LogP) is 5.95. The van der Waals surface area contributed by atoms with Gasteiger partial charge in [0.15, 0.2) is 0 Å². The zero-order chi connectivity index (χ0) is 26.2. The Labute approximate surface area is 219 Å². The minimum absolute atomic E-state index is 0.0738. The van der Waals surface area contributed by atoms with Crippen LogP contribution < -0.4 is 5.32 Å². The molecule has 8 heteroatoms. The topological polar surface area (TPSA) is 63.1 Å². The van der Waals surface area contributed by atoms with E-state index >= 15 is 0 Å². The quantitative estimate of drug-likeness (QED) is 0.474. The number of halogens is 2. The lowest BCUT2D eigenvalue weighted by Gasteiger charge is -2.40. The van der Waals surface area contributed by atoms with Crippen molar-refractivity contribution in [2.75, 3.05) is 6.54 Å². The van der Waals surface area contributed by atoms with Crippen molar-refractivity contribution in [3.63, 3.8) is 0 Å². The van der Waals surface area contributed by atoms with Gasteiger partial charge in [-0.05, 0) is 57.4 Å². The van der Waals surface area contributed by atoms with Crippen molar-refractivity contribution >= 4 is 5.91 Å². The number of aryl methyl sites for hydroxylation is 1. The highest BCUT2D eigenvalue weighted by molar-refractivity contribution is 5.79. The van der Waals surface area contributed by atoms with E-state index in [1.165, 1.54) is 12.8 Å². The number of amides is 1. The third-order valence-corrected chi connectivity index (χ3v) is 8.92. The first-order chi connectivity index (χ1) is 17.7. The normalized spacial score (nSPS) is 26.9. The molecule has 3 atom stereocenters. The van der Waals surface area contributed by atoms with Crippen LogP contribution in [0.1, 0.15) is 107 Å². The Morgan fingerprint density at radius 1 is 1.03 bits per heavy atom. The summed E-state index contributed by atoms with van der Waals surface area (Å²) in [7, 11) is 0. The molecule has 202 valence electrons. The minimum Gasteiger partial charge on any atom is -0.349 e. The van der Waals surface area contributed by atoms with Crippen molar-refractivity contribution in [1.82, 2.24) is 25.0 Å². The molecule has 1 saturated carbocycles. The number of alkyl halides is 2. The van der Waals surface area contributed by atoms with E-state index in [1.54, 1.807) is 0 Å². The van der Waals surface area contributed by atoms with Crippen LogP contribution >= 0.6 is 0 Å². The molecule has 1 aromatic carbocycles. The zero-order valence-electron chi connectivity index (χ0n) is 22.4. The molecule has 6 nitrogen and oxygen atoms in total. The smallest absolute Gasteiger partial charge is 0.248 e. The molecule has 2 aromatic rings. The van der Waals surface area contributed by atoms with Gasteiger partial charge in [0.05, 0.1) is 6.04 Å². The van der Waals surface area contributed by atoms with Crippen LogP contribution in [0.4, 0.5) is 8.78 Å². The maximum atomic E-state index is 13.6. The second-order valence-electron chi connectivity index (χ2n) is 11.8. The summed E-state index contributed by atoms with van der Waals surface area (Å²) >= 11 is 0. The average Bonchev–Trinajstić information content (AvgIpc) is 3.37. The number of hydrogen-bond donors (Lipinski definition) is 1. The minimum atomic E-state index is -2.62. The number of aromatic nitrogens is 3. The summed E-state index contributed by atoms with van der Waals surface area (Å²) in [6.45, 7) is 7.34. The van der Waals surface area contributed by atoms with Crippen LogP contribution in [0.3, 0.4) is 0 Å². The number of carbonyl (C=O) groups excluding carboxylic acids is 1. The van der Waals surface area contributed by atoms with E-state index in [0.29, 0.717) is 24.0 Å². The monoisotopic (exact) mass is 513 g/mol. The van der Waals surface area contributed by atoms with E-state index in [4.69, 9.17) is 0 Å². The van der Waals surface area contributed by atoms with Crippen molar-refractivity contribution in [2.24, 2.45) is 5.92 Å². The highest BCUT2D eigenvalue weighted by Gasteiger charge is 2.42. The van der Waals surface area contributed by atoms with Crippen LogP contribution in [-0.2, 0) is 4.79 Å². The lowest BCUT2D eigenvalue weighted by atomic mass is 9.86. The Morgan fingerprint density at radius 3 is 2.30 bits per heavy atom. The van der Waals surface area contributed by atoms with Crippen LogP contribution in [-0.4, -0.2) is 50.1 Å². The lowest BCUT2D eigenvalue weighted by molar-refractivity contribution is -0.130. The van der Waals surface area contributed by atoms with Gasteiger partial charge in [-0.25, -0.2) is 8.78 Å². The van der Waals surface area contributed by atoms with Crippen LogP contribution in [0.5, 0.6) is 0 Å². The molecule has 2 bridgehead atoms. The van der Waals surface area contributed by atoms with E-state index in [1.807, 2.05) is 18.2 Å². The largest absolute Gasteiger partial charge is 0.349 e. The van der Waals surface area contributed by atoms with Gasteiger partial charge in [0.25, 0.3) is 0 Å². The highest BCUT2D eigenvalue weighted by Crippen LogP contribution is 2.42. The molecule has 3 aliphatic rings. The Balaban J connectivity index is 1.24. The summed E-state index contributed by atoms with van der Waals surface area (Å²) in [5.41, 5.74) is 1.08. The summed E-state index contributed by atoms with van der Waals surface area (Å²) < 4.78 is 29.6. The summed E-state index contributed by atoms with van der Waals surface area (Å²) in [5, 5.41) is 12.1. The van der Waals surface area contributed by atoms with Gasteiger partial charge in [-0.2, -0.15) is 0 Å². The molecular weight excluding hydrogens is 472 g/mol. The van der Waals surface area contributed by atoms with E-state index in [0.717, 1.165) is 43.0 Å². The van der Waals surface area contributed by atoms with Gasteiger partial charge in [0.1, 0.15) is 11.6 Å². The highest BCUT2D eigenvalue weighted by atomic mass is 19.3. The Hall–Kier alpha value is -2.35. The Morgan fingerprint density at radius 2 is 1.68 bits per heavy atom. The second kappa shape index (κ2) is 10.8. The van der Waals surface area contributed by atoms with Gasteiger partial charge >= 0.3 is 0 Å². The molecule has 0 spiro atoms. The van der Waals surface area contributed by atoms with Gasteiger partial charge in [0, 0.05) is 49.3 Å². The number of nitrogens with zero attached hydrogens (tertiary/aromatic N) is 4. The first kappa shape index (κ1) is 26.3. The van der Waals surface area contributed by atoms with Crippen LogP contribution in [0.25, 0.3) is 0 Å². The molecule has 3 heterocycles. The van der Waals surface area contributed by atoms with Gasteiger partial charge in [-0.3, -0.25) is 9.69 Å². The molecule has 1 unspecified atom stereocenters. The first-order valence-corrected chi connectivity index (χ1v) is 14.1. The van der Waals surface area contributed by atoms with E-state index < -0.39 is 5.92 Å². The number of carbonyl (C=O) groups is 1. The summed E-state index contributed by atoms with van der Waals surface area (Å²) in [6, 6.07) is 11.5. The molecule has 1 amide bonds. The van der Waals surface area contributed by atoms with Crippen molar-refractivity contribution < 1.29 is 13.6 Å². The number of benzene rings is 1. The predicted molar refractivity (Wildman–Crippen MR) is 139 cm³/mol. The van der Waals surface area contributed by atoms with Crippen LogP contribution in [0.15, 0.2) is 30.3 Å². The molecule has 3 fully saturated rings. The molecule has 1 aromatic heterocycles. The molecule has 2 saturated heterocycles. The van der Waals surface area contributed by atoms with E-state index in [-0.39, 0.29) is 43.6 Å². The summed E-state index contributed by atoms with van der Waals surface area (Å²) in [6.07, 6.45) is 5.59. The molecule has 5 rings (SSSR count). The van der Waals surface area contributed by atoms with Crippen molar-refractivity contribution in [3.8, 4) is 0 Å². The van der Waals surface area contributed by atoms with Gasteiger partial charge in [0.2, 0.25) is 11.8 Å². The standard InChI is InChI=1S/C29H41F2N5O/c1-19(2)27-34-33-20(3)36(27)25-17-23-9-10-24(18-25)35(23)16-13-26(21-7-5-4-6-8-21)32-28(37)22-11-14-29(30,31)15-12-22/h4-8,19,22-26H,9-18H2,1-3H3,(H,32,37)/t23-,24-,26?/m0/s1. The van der Waals surface area contributed by atoms with Gasteiger partial charge in [-0.15, -0.1) is 10.2 Å². The third kappa shape index (κ3) is 5.74. The van der Waals surface area contributed by atoms with Crippen LogP contribution in [0.2, 0.25) is 0 Å². The van der Waals surface area contributed by atoms with Crippen molar-refractivity contribution in [3.05, 3.63) is 47.5 Å². The fraction of sp³-hybridized carbons (Fsp3) is 0.690. The van der Waals surface area contributed by atoms with E-state index in [9.17, 15) is 13.6 Å². The number of nitrogens with one attached hydrogen (secondary N) is 1. The lowest BCUT2D eigenvalue weighted by Crippen LogP contribution is -2.45. The fourth-order valence-electron chi connectivity index (χ4n) is 6.93. The van der Waals surface area contributed by atoms with Crippen molar-refractivity contribution in [2.45, 2.75) is 115 Å². The Kier molecular flexibility index (Phi) is 7.66. The maximum Gasteiger partial charge on any atom is 0.248 e. The molecular formula is C29H41F2N5O. The first-order valence-electron chi connectivity index (χ1n) is 14.1. The zero-order valence-corrected chi connectivity index (χ0v) is 22.4. The summed E-state index contributed by atoms with van der Waals surface area (Å²) in [4.78, 5) is 15.8. The number of rotatable bonds is 8. The van der Waals surface area contributed by atoms with Crippen LogP contribution in [0, 0.1) is 12.8 Å². The molecule has 1 aliphatic carbocycles. The van der Waals surface area contributed by atoms with Gasteiger partial charge in [-0.1, -0.05) is 44.2 Å². The number of piperidine rings is 1. The van der Waals surface area contributed by atoms with Crippen molar-refractivity contribution in [1.29, 1.82) is 0 Å². The second-order valence-corrected chi connectivity index (χ2v) is 11.8. The number of hydrogen-bond acceptors (Lipinski definition) is 4. The molecule has 1 N–H and O–H groups in total. The Bertz CT molecular complexity index is 1050. The maximum absolute atomic E-state index is 13.6. The van der Waals surface area contributed by atoms with Gasteiger partial charge < -0.3 is 9.88 Å². The molecule has 0 radical (unpaired) electrons. The SMILES string of the molecule is Cc1nnc(C(C)C)n1C1C[C@@H]2CC[C@@H](C1)N2CCC(NC(=O)C1CCC(F)(F)CC1)c1ccccc1. The van der Waals surface area contributed by atoms with E-state index in [2.05, 4.69) is 57.9 Å². The number of fused-ring (bicyclic) bond motifs is 2. The summed E-state index contributed by atoms with van der Waals surface area (Å²) in [5.74, 6) is -0.572.